The minimum atomic E-state index is 0.383. The van der Waals surface area contributed by atoms with Crippen LogP contribution in [0.3, 0.4) is 0 Å². The number of nitrogens with one attached hydrogen (secondary N) is 2. The largest absolute Gasteiger partial charge is 0.383 e. The Morgan fingerprint density at radius 3 is 2.67 bits per heavy atom. The Morgan fingerprint density at radius 2 is 1.88 bits per heavy atom. The number of hydrogen-bond acceptors (Lipinski definition) is 2. The third-order valence-corrected chi connectivity index (χ3v) is 6.90. The molecule has 1 aromatic rings. The van der Waals surface area contributed by atoms with E-state index in [0.29, 0.717) is 17.9 Å². The van der Waals surface area contributed by atoms with Gasteiger partial charge in [-0.15, -0.1) is 0 Å². The molecular formula is C19H21Br2ClN2. The van der Waals surface area contributed by atoms with Crippen LogP contribution in [0, 0.1) is 5.92 Å². The van der Waals surface area contributed by atoms with Crippen molar-refractivity contribution in [3.8, 4) is 0 Å². The molecule has 2 N–H and O–H groups in total. The summed E-state index contributed by atoms with van der Waals surface area (Å²) in [6, 6.07) is 4.63. The molecule has 0 aromatic heterocycles. The van der Waals surface area contributed by atoms with Gasteiger partial charge in [0, 0.05) is 26.1 Å². The molecule has 2 aliphatic heterocycles. The van der Waals surface area contributed by atoms with E-state index in [2.05, 4.69) is 66.9 Å². The lowest BCUT2D eigenvalue weighted by molar-refractivity contribution is 0.287. The smallest absolute Gasteiger partial charge is 0.0543 e. The molecule has 24 heavy (non-hydrogen) atoms. The lowest BCUT2D eigenvalue weighted by atomic mass is 9.73. The highest BCUT2D eigenvalue weighted by Gasteiger charge is 2.38. The first-order valence-electron chi connectivity index (χ1n) is 8.64. The molecule has 1 unspecified atom stereocenters. The standard InChI is InChI=1S/C19H21Br2ClN2/c20-14-7-13-2-1-12-8-15(22)9-16(21)17(12)18(19(13)24-10-14)11-3-5-23-6-4-11/h7-11,18-19,23-24H,1-6H2/t18-,19?/m1/s1. The lowest BCUT2D eigenvalue weighted by Crippen LogP contribution is -2.41. The number of benzene rings is 1. The number of dihydropyridines is 1. The molecule has 5 heteroatoms. The van der Waals surface area contributed by atoms with Gasteiger partial charge in [-0.05, 0) is 95.5 Å². The highest BCUT2D eigenvalue weighted by molar-refractivity contribution is 9.12. The SMILES string of the molecule is Clc1cc(Br)c2c(c1)CCC1=CC(Br)=CNC1[C@@H]2C1CCNCC1. The Labute approximate surface area is 165 Å². The van der Waals surface area contributed by atoms with Gasteiger partial charge in [0.1, 0.15) is 0 Å². The maximum Gasteiger partial charge on any atom is 0.0543 e. The summed E-state index contributed by atoms with van der Waals surface area (Å²) in [6.07, 6.45) is 9.03. The molecule has 4 rings (SSSR count). The van der Waals surface area contributed by atoms with Crippen molar-refractivity contribution in [2.75, 3.05) is 13.1 Å². The van der Waals surface area contributed by atoms with Crippen LogP contribution < -0.4 is 10.6 Å². The van der Waals surface area contributed by atoms with Crippen molar-refractivity contribution in [3.63, 3.8) is 0 Å². The van der Waals surface area contributed by atoms with E-state index in [1.807, 2.05) is 0 Å². The van der Waals surface area contributed by atoms with Gasteiger partial charge < -0.3 is 10.6 Å². The predicted octanol–water partition coefficient (Wildman–Crippen LogP) is 5.27. The van der Waals surface area contributed by atoms with Gasteiger partial charge in [-0.2, -0.15) is 0 Å². The van der Waals surface area contributed by atoms with Crippen LogP contribution in [-0.4, -0.2) is 19.1 Å². The average Bonchev–Trinajstić information content (AvgIpc) is 2.72. The Kier molecular flexibility index (Phi) is 5.10. The zero-order chi connectivity index (χ0) is 16.7. The van der Waals surface area contributed by atoms with Crippen LogP contribution in [0.1, 0.15) is 36.3 Å². The molecule has 1 aromatic carbocycles. The number of piperidine rings is 1. The van der Waals surface area contributed by atoms with Gasteiger partial charge in [0.15, 0.2) is 0 Å². The van der Waals surface area contributed by atoms with Crippen LogP contribution in [0.5, 0.6) is 0 Å². The molecule has 3 aliphatic rings. The summed E-state index contributed by atoms with van der Waals surface area (Å²) < 4.78 is 2.31. The number of aryl methyl sites for hydroxylation is 1. The van der Waals surface area contributed by atoms with Gasteiger partial charge in [-0.3, -0.25) is 0 Å². The Morgan fingerprint density at radius 1 is 1.08 bits per heavy atom. The summed E-state index contributed by atoms with van der Waals surface area (Å²) in [6.45, 7) is 2.24. The van der Waals surface area contributed by atoms with Gasteiger partial charge in [-0.1, -0.05) is 27.5 Å². The van der Waals surface area contributed by atoms with E-state index in [1.165, 1.54) is 34.0 Å². The van der Waals surface area contributed by atoms with Crippen LogP contribution in [0.15, 0.2) is 38.9 Å². The minimum absolute atomic E-state index is 0.383. The molecular weight excluding hydrogens is 451 g/mol. The maximum absolute atomic E-state index is 6.36. The van der Waals surface area contributed by atoms with E-state index in [-0.39, 0.29) is 0 Å². The van der Waals surface area contributed by atoms with Crippen LogP contribution in [0.25, 0.3) is 0 Å². The summed E-state index contributed by atoms with van der Waals surface area (Å²) in [5.74, 6) is 1.17. The van der Waals surface area contributed by atoms with Crippen molar-refractivity contribution in [3.05, 3.63) is 55.1 Å². The van der Waals surface area contributed by atoms with Crippen LogP contribution in [0.2, 0.25) is 5.02 Å². The molecule has 0 bridgehead atoms. The summed E-state index contributed by atoms with van der Waals surface area (Å²) in [7, 11) is 0. The summed E-state index contributed by atoms with van der Waals surface area (Å²) in [4.78, 5) is 0. The van der Waals surface area contributed by atoms with Crippen molar-refractivity contribution >= 4 is 43.5 Å². The first-order valence-corrected chi connectivity index (χ1v) is 10.6. The number of fused-ring (bicyclic) bond motifs is 2. The minimum Gasteiger partial charge on any atom is -0.383 e. The second-order valence-corrected chi connectivity index (χ2v) is 9.17. The van der Waals surface area contributed by atoms with E-state index in [4.69, 9.17) is 11.6 Å². The van der Waals surface area contributed by atoms with Crippen LogP contribution in [0.4, 0.5) is 0 Å². The van der Waals surface area contributed by atoms with Crippen LogP contribution in [-0.2, 0) is 6.42 Å². The molecule has 2 heterocycles. The first kappa shape index (κ1) is 17.1. The van der Waals surface area contributed by atoms with E-state index >= 15 is 0 Å². The molecule has 2 atom stereocenters. The first-order chi connectivity index (χ1) is 11.6. The number of hydrogen-bond donors (Lipinski definition) is 2. The normalized spacial score (nSPS) is 27.3. The predicted molar refractivity (Wildman–Crippen MR) is 108 cm³/mol. The van der Waals surface area contributed by atoms with Crippen molar-refractivity contribution in [1.82, 2.24) is 10.6 Å². The van der Waals surface area contributed by atoms with Gasteiger partial charge in [-0.25, -0.2) is 0 Å². The quantitative estimate of drug-likeness (QED) is 0.582. The van der Waals surface area contributed by atoms with E-state index < -0.39 is 0 Å². The lowest BCUT2D eigenvalue weighted by Gasteiger charge is -2.38. The Bertz CT molecular complexity index is 708. The number of rotatable bonds is 1. The fraction of sp³-hybridized carbons (Fsp3) is 0.474. The number of allylic oxidation sites excluding steroid dienone is 2. The van der Waals surface area contributed by atoms with Crippen LogP contribution >= 0.6 is 43.5 Å². The molecule has 2 nitrogen and oxygen atoms in total. The van der Waals surface area contributed by atoms with E-state index in [9.17, 15) is 0 Å². The van der Waals surface area contributed by atoms with E-state index in [1.54, 1.807) is 0 Å². The molecule has 128 valence electrons. The number of halogens is 3. The summed E-state index contributed by atoms with van der Waals surface area (Å²) in [5, 5.41) is 8.03. The fourth-order valence-electron chi connectivity index (χ4n) is 4.52. The zero-order valence-corrected chi connectivity index (χ0v) is 17.3. The molecule has 0 spiro atoms. The molecule has 1 fully saturated rings. The maximum atomic E-state index is 6.36. The fourth-order valence-corrected chi connectivity index (χ4v) is 6.09. The topological polar surface area (TPSA) is 24.1 Å². The highest BCUT2D eigenvalue weighted by atomic mass is 79.9. The second-order valence-electron chi connectivity index (χ2n) is 6.97. The second kappa shape index (κ2) is 7.14. The Hall–Kier alpha value is -0.290. The Balaban J connectivity index is 1.83. The van der Waals surface area contributed by atoms with Crippen molar-refractivity contribution in [1.29, 1.82) is 0 Å². The summed E-state index contributed by atoms with van der Waals surface area (Å²) >= 11 is 13.8. The van der Waals surface area contributed by atoms with Crippen molar-refractivity contribution in [2.45, 2.75) is 37.6 Å². The van der Waals surface area contributed by atoms with Gasteiger partial charge in [0.25, 0.3) is 0 Å². The monoisotopic (exact) mass is 470 g/mol. The van der Waals surface area contributed by atoms with Crippen molar-refractivity contribution < 1.29 is 0 Å². The van der Waals surface area contributed by atoms with Crippen molar-refractivity contribution in [2.24, 2.45) is 5.92 Å². The molecule has 0 saturated carbocycles. The van der Waals surface area contributed by atoms with Gasteiger partial charge in [0.2, 0.25) is 0 Å². The zero-order valence-electron chi connectivity index (χ0n) is 13.4. The molecule has 1 aliphatic carbocycles. The third kappa shape index (κ3) is 3.23. The van der Waals surface area contributed by atoms with Gasteiger partial charge in [0.05, 0.1) is 6.04 Å². The van der Waals surface area contributed by atoms with E-state index in [0.717, 1.165) is 35.4 Å². The summed E-state index contributed by atoms with van der Waals surface area (Å²) in [5.41, 5.74) is 4.39. The average molecular weight is 473 g/mol. The van der Waals surface area contributed by atoms with Gasteiger partial charge >= 0.3 is 0 Å². The molecule has 0 radical (unpaired) electrons. The molecule has 0 amide bonds. The molecule has 1 saturated heterocycles. The highest BCUT2D eigenvalue weighted by Crippen LogP contribution is 2.46. The third-order valence-electron chi connectivity index (χ3n) is 5.57.